The number of allylic oxidation sites excluding steroid dienone is 2. The Kier molecular flexibility index (Phi) is 2.21. The Labute approximate surface area is 97.6 Å². The van der Waals surface area contributed by atoms with E-state index >= 15 is 0 Å². The zero-order chi connectivity index (χ0) is 11.8. The number of para-hydroxylation sites is 1. The largest absolute Gasteiger partial charge is 0.506 e. The molecule has 1 aliphatic rings. The molecule has 0 bridgehead atoms. The second kappa shape index (κ2) is 3.73. The molecule has 17 heavy (non-hydrogen) atoms. The molecule has 4 nitrogen and oxygen atoms in total. The van der Waals surface area contributed by atoms with Crippen molar-refractivity contribution in [2.45, 2.75) is 19.3 Å². The number of benzene rings is 1. The highest BCUT2D eigenvalue weighted by molar-refractivity contribution is 5.84. The van der Waals surface area contributed by atoms with Gasteiger partial charge in [-0.1, -0.05) is 12.1 Å². The smallest absolute Gasteiger partial charge is 0.259 e. The fourth-order valence-electron chi connectivity index (χ4n) is 2.18. The first-order valence-corrected chi connectivity index (χ1v) is 5.67. The van der Waals surface area contributed by atoms with E-state index in [1.807, 2.05) is 0 Å². The quantitative estimate of drug-likeness (QED) is 0.786. The van der Waals surface area contributed by atoms with Gasteiger partial charge in [0.1, 0.15) is 17.1 Å². The second-order valence-electron chi connectivity index (χ2n) is 4.21. The van der Waals surface area contributed by atoms with E-state index < -0.39 is 0 Å². The number of nitrogens with zero attached hydrogens (tertiary/aromatic N) is 1. The number of H-pyrrole nitrogens is 1. The van der Waals surface area contributed by atoms with Gasteiger partial charge in [-0.05, 0) is 37.0 Å². The first-order valence-electron chi connectivity index (χ1n) is 5.67. The van der Waals surface area contributed by atoms with Crippen LogP contribution < -0.4 is 5.56 Å². The van der Waals surface area contributed by atoms with Crippen molar-refractivity contribution in [2.75, 3.05) is 0 Å². The first kappa shape index (κ1) is 10.1. The van der Waals surface area contributed by atoms with Gasteiger partial charge < -0.3 is 10.1 Å². The highest BCUT2D eigenvalue weighted by Gasteiger charge is 2.12. The molecule has 1 heterocycles. The van der Waals surface area contributed by atoms with E-state index in [0.717, 1.165) is 24.8 Å². The first-order chi connectivity index (χ1) is 8.25. The van der Waals surface area contributed by atoms with Crippen LogP contribution >= 0.6 is 0 Å². The Morgan fingerprint density at radius 3 is 3.00 bits per heavy atom. The van der Waals surface area contributed by atoms with Gasteiger partial charge in [0.05, 0.1) is 5.39 Å². The Bertz CT molecular complexity index is 671. The van der Waals surface area contributed by atoms with Crippen LogP contribution in [0.25, 0.3) is 16.5 Å². The topological polar surface area (TPSA) is 66.0 Å². The number of hydrogen-bond acceptors (Lipinski definition) is 3. The van der Waals surface area contributed by atoms with Crippen molar-refractivity contribution < 1.29 is 5.11 Å². The van der Waals surface area contributed by atoms with Gasteiger partial charge in [0.25, 0.3) is 5.56 Å². The van der Waals surface area contributed by atoms with Gasteiger partial charge in [-0.3, -0.25) is 4.79 Å². The lowest BCUT2D eigenvalue weighted by atomic mass is 10.2. The average Bonchev–Trinajstić information content (AvgIpc) is 2.84. The molecule has 0 radical (unpaired) electrons. The zero-order valence-corrected chi connectivity index (χ0v) is 9.23. The van der Waals surface area contributed by atoms with Crippen molar-refractivity contribution in [3.63, 3.8) is 0 Å². The summed E-state index contributed by atoms with van der Waals surface area (Å²) in [7, 11) is 0. The van der Waals surface area contributed by atoms with Crippen LogP contribution in [0.4, 0.5) is 0 Å². The van der Waals surface area contributed by atoms with Crippen molar-refractivity contribution in [2.24, 2.45) is 0 Å². The summed E-state index contributed by atoms with van der Waals surface area (Å²) in [6.45, 7) is 0. The second-order valence-corrected chi connectivity index (χ2v) is 4.21. The van der Waals surface area contributed by atoms with Crippen molar-refractivity contribution in [3.8, 4) is 5.75 Å². The summed E-state index contributed by atoms with van der Waals surface area (Å²) in [4.78, 5) is 19.0. The van der Waals surface area contributed by atoms with E-state index in [1.165, 1.54) is 0 Å². The van der Waals surface area contributed by atoms with Crippen LogP contribution in [0, 0.1) is 0 Å². The molecule has 0 unspecified atom stereocenters. The molecule has 0 amide bonds. The van der Waals surface area contributed by atoms with Crippen molar-refractivity contribution in [1.82, 2.24) is 9.97 Å². The number of phenolic OH excluding ortho intramolecular Hbond substituents is 1. The number of fused-ring (bicyclic) bond motifs is 1. The van der Waals surface area contributed by atoms with E-state index in [4.69, 9.17) is 0 Å². The van der Waals surface area contributed by atoms with Crippen LogP contribution in [0.5, 0.6) is 5.75 Å². The molecule has 0 saturated carbocycles. The molecule has 0 spiro atoms. The number of aromatic hydroxyl groups is 1. The molecule has 1 aromatic heterocycles. The van der Waals surface area contributed by atoms with Crippen LogP contribution in [-0.4, -0.2) is 15.1 Å². The van der Waals surface area contributed by atoms with Crippen LogP contribution in [0.2, 0.25) is 0 Å². The van der Waals surface area contributed by atoms with Gasteiger partial charge in [0, 0.05) is 0 Å². The fourth-order valence-corrected chi connectivity index (χ4v) is 2.18. The van der Waals surface area contributed by atoms with Crippen LogP contribution in [0.1, 0.15) is 25.1 Å². The lowest BCUT2D eigenvalue weighted by Crippen LogP contribution is -2.11. The molecule has 2 N–H and O–H groups in total. The van der Waals surface area contributed by atoms with Gasteiger partial charge in [-0.15, -0.1) is 0 Å². The number of rotatable bonds is 1. The van der Waals surface area contributed by atoms with E-state index in [-0.39, 0.29) is 11.3 Å². The Hall–Kier alpha value is -2.10. The molecule has 86 valence electrons. The Morgan fingerprint density at radius 2 is 2.24 bits per heavy atom. The number of nitrogens with one attached hydrogen (secondary N) is 1. The lowest BCUT2D eigenvalue weighted by Gasteiger charge is -2.04. The summed E-state index contributed by atoms with van der Waals surface area (Å²) in [5.41, 5.74) is 1.24. The van der Waals surface area contributed by atoms with Gasteiger partial charge >= 0.3 is 0 Å². The minimum Gasteiger partial charge on any atom is -0.506 e. The predicted molar refractivity (Wildman–Crippen MR) is 65.9 cm³/mol. The summed E-state index contributed by atoms with van der Waals surface area (Å²) in [5.74, 6) is 0.634. The molecule has 0 atom stereocenters. The maximum Gasteiger partial charge on any atom is 0.259 e. The lowest BCUT2D eigenvalue weighted by molar-refractivity contribution is 0.480. The third-order valence-corrected chi connectivity index (χ3v) is 3.06. The summed E-state index contributed by atoms with van der Waals surface area (Å²) in [5, 5.41) is 10.2. The molecule has 2 aromatic rings. The van der Waals surface area contributed by atoms with Gasteiger partial charge in [0.15, 0.2) is 0 Å². The molecular formula is C13H12N2O2. The van der Waals surface area contributed by atoms with E-state index in [1.54, 1.807) is 18.2 Å². The minimum atomic E-state index is -0.200. The maximum atomic E-state index is 11.9. The highest BCUT2D eigenvalue weighted by atomic mass is 16.3. The highest BCUT2D eigenvalue weighted by Crippen LogP contribution is 2.26. The van der Waals surface area contributed by atoms with Crippen molar-refractivity contribution in [1.29, 1.82) is 0 Å². The SMILES string of the molecule is O=c1[nH]c(C2=CCCC2)nc2c(O)cccc12. The molecule has 0 fully saturated rings. The Morgan fingerprint density at radius 1 is 1.35 bits per heavy atom. The van der Waals surface area contributed by atoms with E-state index in [2.05, 4.69) is 16.0 Å². The zero-order valence-electron chi connectivity index (χ0n) is 9.23. The van der Waals surface area contributed by atoms with Gasteiger partial charge in [-0.25, -0.2) is 4.98 Å². The van der Waals surface area contributed by atoms with Crippen LogP contribution in [0.15, 0.2) is 29.1 Å². The Balaban J connectivity index is 2.29. The third-order valence-electron chi connectivity index (χ3n) is 3.06. The molecule has 1 aromatic carbocycles. The van der Waals surface area contributed by atoms with Crippen molar-refractivity contribution >= 4 is 16.5 Å². The number of aromatic amines is 1. The predicted octanol–water partition coefficient (Wildman–Crippen LogP) is 2.20. The van der Waals surface area contributed by atoms with E-state index in [9.17, 15) is 9.90 Å². The average molecular weight is 228 g/mol. The summed E-state index contributed by atoms with van der Waals surface area (Å²) in [6, 6.07) is 4.85. The minimum absolute atomic E-state index is 0.0495. The molecule has 3 rings (SSSR count). The molecule has 4 heteroatoms. The summed E-state index contributed by atoms with van der Waals surface area (Å²) in [6.07, 6.45) is 5.14. The summed E-state index contributed by atoms with van der Waals surface area (Å²) >= 11 is 0. The van der Waals surface area contributed by atoms with Gasteiger partial charge in [0.2, 0.25) is 0 Å². The van der Waals surface area contributed by atoms with E-state index in [0.29, 0.717) is 16.7 Å². The molecule has 1 aliphatic carbocycles. The fraction of sp³-hybridized carbons (Fsp3) is 0.231. The number of aromatic nitrogens is 2. The molecule has 0 saturated heterocycles. The van der Waals surface area contributed by atoms with Crippen LogP contribution in [-0.2, 0) is 0 Å². The monoisotopic (exact) mass is 228 g/mol. The normalized spacial score (nSPS) is 15.2. The van der Waals surface area contributed by atoms with Gasteiger partial charge in [-0.2, -0.15) is 0 Å². The molecular weight excluding hydrogens is 216 g/mol. The van der Waals surface area contributed by atoms with Crippen molar-refractivity contribution in [3.05, 3.63) is 40.5 Å². The number of phenols is 1. The number of hydrogen-bond donors (Lipinski definition) is 2. The van der Waals surface area contributed by atoms with Crippen LogP contribution in [0.3, 0.4) is 0 Å². The molecule has 0 aliphatic heterocycles. The standard InChI is InChI=1S/C13H12N2O2/c16-10-7-3-6-9-11(10)14-12(15-13(9)17)8-4-1-2-5-8/h3-4,6-7,16H,1-2,5H2,(H,14,15,17). The maximum absolute atomic E-state index is 11.9. The summed E-state index contributed by atoms with van der Waals surface area (Å²) < 4.78 is 0. The third kappa shape index (κ3) is 1.62.